The molecular weight excluding hydrogens is 388 g/mol. The van der Waals surface area contributed by atoms with Crippen LogP contribution in [0.4, 0.5) is 0 Å². The standard InChI is InChI=1S/C30H22N2/c1-15-17(3)31-29-23-13-19-9-5-6-10-20(19)14-24(23)30-28-26(16(2)18(4)32-30)22-12-8-7-11-21(22)25(15)27(28)29/h5-14H,1-4H3. The molecule has 152 valence electrons. The van der Waals surface area contributed by atoms with Crippen molar-refractivity contribution in [3.8, 4) is 0 Å². The second-order valence-electron chi connectivity index (χ2n) is 9.13. The van der Waals surface area contributed by atoms with Crippen molar-refractivity contribution in [2.24, 2.45) is 0 Å². The zero-order valence-electron chi connectivity index (χ0n) is 18.7. The minimum Gasteiger partial charge on any atom is -0.252 e. The van der Waals surface area contributed by atoms with Gasteiger partial charge in [-0.2, -0.15) is 0 Å². The maximum absolute atomic E-state index is 5.19. The van der Waals surface area contributed by atoms with Gasteiger partial charge >= 0.3 is 0 Å². The van der Waals surface area contributed by atoms with Gasteiger partial charge in [0.2, 0.25) is 0 Å². The van der Waals surface area contributed by atoms with E-state index < -0.39 is 0 Å². The molecule has 32 heavy (non-hydrogen) atoms. The summed E-state index contributed by atoms with van der Waals surface area (Å²) in [6.07, 6.45) is 0. The minimum atomic E-state index is 1.09. The molecular formula is C30H22N2. The number of hydrogen-bond acceptors (Lipinski definition) is 2. The molecule has 0 radical (unpaired) electrons. The SMILES string of the molecule is Cc1nc2c3cc4ccccc4cc3c3nc(C)c(C)c4c5ccccc5c(c1C)c2c34. The minimum absolute atomic E-state index is 1.09. The molecule has 0 saturated heterocycles. The molecule has 0 spiro atoms. The highest BCUT2D eigenvalue weighted by Gasteiger charge is 2.22. The number of fused-ring (bicyclic) bond motifs is 7. The summed E-state index contributed by atoms with van der Waals surface area (Å²) >= 11 is 0. The number of hydrogen-bond donors (Lipinski definition) is 0. The molecule has 7 rings (SSSR count). The smallest absolute Gasteiger partial charge is 0.0798 e. The van der Waals surface area contributed by atoms with Gasteiger partial charge in [0.25, 0.3) is 0 Å². The van der Waals surface area contributed by atoms with Crippen LogP contribution in [-0.4, -0.2) is 9.97 Å². The van der Waals surface area contributed by atoms with E-state index in [-0.39, 0.29) is 0 Å². The monoisotopic (exact) mass is 410 g/mol. The van der Waals surface area contributed by atoms with Crippen LogP contribution in [0.2, 0.25) is 0 Å². The van der Waals surface area contributed by atoms with E-state index in [0.29, 0.717) is 0 Å². The van der Waals surface area contributed by atoms with Gasteiger partial charge in [-0.05, 0) is 83.3 Å². The summed E-state index contributed by atoms with van der Waals surface area (Å²) in [4.78, 5) is 10.4. The lowest BCUT2D eigenvalue weighted by atomic mass is 9.85. The molecule has 2 aromatic heterocycles. The highest BCUT2D eigenvalue weighted by molar-refractivity contribution is 6.40. The normalized spacial score (nSPS) is 12.4. The number of rotatable bonds is 0. The van der Waals surface area contributed by atoms with Gasteiger partial charge in [-0.3, -0.25) is 9.97 Å². The topological polar surface area (TPSA) is 25.8 Å². The molecule has 0 atom stereocenters. The summed E-state index contributed by atoms with van der Waals surface area (Å²) in [5.74, 6) is 0. The number of pyridine rings is 2. The number of nitrogens with zero attached hydrogens (tertiary/aromatic N) is 2. The number of aromatic nitrogens is 2. The van der Waals surface area contributed by atoms with E-state index in [4.69, 9.17) is 9.97 Å². The zero-order valence-corrected chi connectivity index (χ0v) is 18.7. The third-order valence-electron chi connectivity index (χ3n) is 7.48. The Morgan fingerprint density at radius 3 is 1.31 bits per heavy atom. The van der Waals surface area contributed by atoms with Gasteiger partial charge in [0, 0.05) is 32.9 Å². The molecule has 0 N–H and O–H groups in total. The molecule has 5 aromatic carbocycles. The van der Waals surface area contributed by atoms with Crippen LogP contribution >= 0.6 is 0 Å². The van der Waals surface area contributed by atoms with Crippen LogP contribution < -0.4 is 0 Å². The zero-order chi connectivity index (χ0) is 21.7. The molecule has 2 heteroatoms. The third kappa shape index (κ3) is 2.05. The van der Waals surface area contributed by atoms with Gasteiger partial charge in [0.1, 0.15) is 0 Å². The van der Waals surface area contributed by atoms with Gasteiger partial charge in [-0.25, -0.2) is 0 Å². The lowest BCUT2D eigenvalue weighted by Crippen LogP contribution is -2.00. The third-order valence-corrected chi connectivity index (χ3v) is 7.48. The second kappa shape index (κ2) is 5.92. The van der Waals surface area contributed by atoms with Crippen LogP contribution in [-0.2, 0) is 0 Å². The lowest BCUT2D eigenvalue weighted by molar-refractivity contribution is 1.21. The first-order valence-electron chi connectivity index (χ1n) is 11.2. The first-order chi connectivity index (χ1) is 15.5. The molecule has 0 aliphatic carbocycles. The Labute approximate surface area is 185 Å². The molecule has 0 amide bonds. The summed E-state index contributed by atoms with van der Waals surface area (Å²) in [6, 6.07) is 22.0. The molecule has 0 bridgehead atoms. The van der Waals surface area contributed by atoms with Crippen LogP contribution in [0, 0.1) is 27.7 Å². The van der Waals surface area contributed by atoms with Crippen molar-refractivity contribution in [3.05, 3.63) is 83.2 Å². The average Bonchev–Trinajstić information content (AvgIpc) is 2.81. The van der Waals surface area contributed by atoms with E-state index in [2.05, 4.69) is 88.4 Å². The Morgan fingerprint density at radius 1 is 0.469 bits per heavy atom. The summed E-state index contributed by atoms with van der Waals surface area (Å²) in [5, 5.41) is 12.6. The molecule has 0 aliphatic rings. The van der Waals surface area contributed by atoms with Crippen molar-refractivity contribution in [1.82, 2.24) is 9.97 Å². The molecule has 0 saturated carbocycles. The van der Waals surface area contributed by atoms with Crippen LogP contribution in [0.5, 0.6) is 0 Å². The fraction of sp³-hybridized carbons (Fsp3) is 0.133. The Bertz CT molecular complexity index is 1770. The van der Waals surface area contributed by atoms with Crippen molar-refractivity contribution in [2.45, 2.75) is 27.7 Å². The average molecular weight is 411 g/mol. The Kier molecular flexibility index (Phi) is 3.30. The van der Waals surface area contributed by atoms with Crippen molar-refractivity contribution < 1.29 is 0 Å². The van der Waals surface area contributed by atoms with Crippen LogP contribution in [0.15, 0.2) is 60.7 Å². The Morgan fingerprint density at radius 2 is 0.875 bits per heavy atom. The molecule has 0 aliphatic heterocycles. The summed E-state index contributed by atoms with van der Waals surface area (Å²) in [5.41, 5.74) is 6.90. The predicted molar refractivity (Wildman–Crippen MR) is 137 cm³/mol. The molecule has 7 aromatic rings. The van der Waals surface area contributed by atoms with Gasteiger partial charge < -0.3 is 0 Å². The van der Waals surface area contributed by atoms with Crippen LogP contribution in [0.25, 0.3) is 64.9 Å². The summed E-state index contributed by atoms with van der Waals surface area (Å²) < 4.78 is 0. The Hall–Kier alpha value is -3.78. The van der Waals surface area contributed by atoms with E-state index in [1.54, 1.807) is 0 Å². The van der Waals surface area contributed by atoms with Gasteiger partial charge in [-0.15, -0.1) is 0 Å². The maximum atomic E-state index is 5.19. The van der Waals surface area contributed by atoms with Crippen molar-refractivity contribution in [2.75, 3.05) is 0 Å². The quantitative estimate of drug-likeness (QED) is 0.187. The fourth-order valence-electron chi connectivity index (χ4n) is 5.69. The Balaban J connectivity index is 1.97. The molecule has 0 fully saturated rings. The van der Waals surface area contributed by atoms with E-state index in [1.807, 2.05) is 0 Å². The molecule has 0 unspecified atom stereocenters. The summed E-state index contributed by atoms with van der Waals surface area (Å²) in [7, 11) is 0. The van der Waals surface area contributed by atoms with E-state index in [1.165, 1.54) is 65.0 Å². The van der Waals surface area contributed by atoms with Crippen molar-refractivity contribution in [3.63, 3.8) is 0 Å². The first-order valence-corrected chi connectivity index (χ1v) is 11.2. The summed E-state index contributed by atoms with van der Waals surface area (Å²) in [6.45, 7) is 8.70. The highest BCUT2D eigenvalue weighted by atomic mass is 14.7. The fourth-order valence-corrected chi connectivity index (χ4v) is 5.69. The van der Waals surface area contributed by atoms with E-state index in [0.717, 1.165) is 22.4 Å². The van der Waals surface area contributed by atoms with E-state index in [9.17, 15) is 0 Å². The van der Waals surface area contributed by atoms with Crippen molar-refractivity contribution in [1.29, 1.82) is 0 Å². The highest BCUT2D eigenvalue weighted by Crippen LogP contribution is 2.46. The lowest BCUT2D eigenvalue weighted by Gasteiger charge is -2.21. The molecule has 2 heterocycles. The largest absolute Gasteiger partial charge is 0.252 e. The van der Waals surface area contributed by atoms with Crippen LogP contribution in [0.1, 0.15) is 22.5 Å². The molecule has 2 nitrogen and oxygen atoms in total. The van der Waals surface area contributed by atoms with E-state index >= 15 is 0 Å². The van der Waals surface area contributed by atoms with Gasteiger partial charge in [-0.1, -0.05) is 48.5 Å². The van der Waals surface area contributed by atoms with Gasteiger partial charge in [0.15, 0.2) is 0 Å². The van der Waals surface area contributed by atoms with Gasteiger partial charge in [0.05, 0.1) is 11.0 Å². The second-order valence-corrected chi connectivity index (χ2v) is 9.13. The van der Waals surface area contributed by atoms with Crippen molar-refractivity contribution >= 4 is 64.9 Å². The first kappa shape index (κ1) is 17.9. The predicted octanol–water partition coefficient (Wildman–Crippen LogP) is 8.07. The number of benzene rings is 5. The number of aryl methyl sites for hydroxylation is 4. The maximum Gasteiger partial charge on any atom is 0.0798 e. The van der Waals surface area contributed by atoms with Crippen LogP contribution in [0.3, 0.4) is 0 Å².